The van der Waals surface area contributed by atoms with Crippen LogP contribution in [0.25, 0.3) is 0 Å². The van der Waals surface area contributed by atoms with E-state index in [0.717, 1.165) is 24.0 Å². The first-order chi connectivity index (χ1) is 8.26. The molecule has 0 spiro atoms. The fourth-order valence-corrected chi connectivity index (χ4v) is 1.98. The van der Waals surface area contributed by atoms with Crippen molar-refractivity contribution >= 4 is 22.4 Å². The molecule has 0 unspecified atom stereocenters. The van der Waals surface area contributed by atoms with Crippen LogP contribution in [0.5, 0.6) is 0 Å². The van der Waals surface area contributed by atoms with Gasteiger partial charge in [0.05, 0.1) is 25.8 Å². The second-order valence-corrected chi connectivity index (χ2v) is 4.20. The monoisotopic (exact) mass is 258 g/mol. The number of nitrogens with one attached hydrogen (secondary N) is 1. The SMILES string of the molecule is CCOCCNc1nc(CCC(=O)OC)cs1. The van der Waals surface area contributed by atoms with Gasteiger partial charge in [0.15, 0.2) is 5.13 Å². The molecule has 96 valence electrons. The molecular formula is C11H18N2O3S. The minimum Gasteiger partial charge on any atom is -0.469 e. The lowest BCUT2D eigenvalue weighted by Gasteiger charge is -2.01. The molecule has 1 aromatic rings. The van der Waals surface area contributed by atoms with Crippen molar-refractivity contribution in [3.8, 4) is 0 Å². The van der Waals surface area contributed by atoms with Gasteiger partial charge in [-0.3, -0.25) is 4.79 Å². The number of ether oxygens (including phenoxy) is 2. The molecule has 0 aromatic carbocycles. The summed E-state index contributed by atoms with van der Waals surface area (Å²) in [7, 11) is 1.39. The van der Waals surface area contributed by atoms with E-state index in [4.69, 9.17) is 4.74 Å². The van der Waals surface area contributed by atoms with E-state index in [-0.39, 0.29) is 5.97 Å². The van der Waals surface area contributed by atoms with Crippen LogP contribution in [0, 0.1) is 0 Å². The fraction of sp³-hybridized carbons (Fsp3) is 0.636. The first-order valence-electron chi connectivity index (χ1n) is 5.59. The molecule has 0 aliphatic carbocycles. The van der Waals surface area contributed by atoms with E-state index in [2.05, 4.69) is 15.0 Å². The Kier molecular flexibility index (Phi) is 6.57. The van der Waals surface area contributed by atoms with Crippen LogP contribution in [-0.4, -0.2) is 37.8 Å². The fourth-order valence-electron chi connectivity index (χ4n) is 1.21. The molecule has 17 heavy (non-hydrogen) atoms. The summed E-state index contributed by atoms with van der Waals surface area (Å²) in [5, 5.41) is 5.98. The van der Waals surface area contributed by atoms with Crippen LogP contribution in [0.3, 0.4) is 0 Å². The third kappa shape index (κ3) is 5.65. The van der Waals surface area contributed by atoms with Crippen LogP contribution in [0.1, 0.15) is 19.0 Å². The largest absolute Gasteiger partial charge is 0.469 e. The summed E-state index contributed by atoms with van der Waals surface area (Å²) in [6.45, 7) is 4.11. The maximum Gasteiger partial charge on any atom is 0.305 e. The molecule has 0 atom stereocenters. The molecule has 0 saturated carbocycles. The van der Waals surface area contributed by atoms with Crippen molar-refractivity contribution in [2.24, 2.45) is 0 Å². The van der Waals surface area contributed by atoms with Gasteiger partial charge in [-0.1, -0.05) is 0 Å². The third-order valence-electron chi connectivity index (χ3n) is 2.09. The van der Waals surface area contributed by atoms with E-state index in [9.17, 15) is 4.79 Å². The van der Waals surface area contributed by atoms with Crippen LogP contribution in [-0.2, 0) is 20.7 Å². The molecule has 0 aliphatic rings. The standard InChI is InChI=1S/C11H18N2O3S/c1-3-16-7-6-12-11-13-9(8-17-11)4-5-10(14)15-2/h8H,3-7H2,1-2H3,(H,12,13). The minimum atomic E-state index is -0.205. The zero-order valence-corrected chi connectivity index (χ0v) is 11.0. The van der Waals surface area contributed by atoms with E-state index in [1.807, 2.05) is 12.3 Å². The quantitative estimate of drug-likeness (QED) is 0.568. The van der Waals surface area contributed by atoms with Crippen molar-refractivity contribution in [3.63, 3.8) is 0 Å². The van der Waals surface area contributed by atoms with Crippen LogP contribution in [0.4, 0.5) is 5.13 Å². The number of carbonyl (C=O) groups is 1. The lowest BCUT2D eigenvalue weighted by atomic mass is 10.2. The molecule has 0 bridgehead atoms. The number of aryl methyl sites for hydroxylation is 1. The van der Waals surface area contributed by atoms with Crippen LogP contribution in [0.2, 0.25) is 0 Å². The van der Waals surface area contributed by atoms with Gasteiger partial charge in [-0.05, 0) is 6.92 Å². The van der Waals surface area contributed by atoms with E-state index >= 15 is 0 Å². The number of esters is 1. The molecule has 0 aliphatic heterocycles. The van der Waals surface area contributed by atoms with Gasteiger partial charge < -0.3 is 14.8 Å². The molecule has 0 fully saturated rings. The number of anilines is 1. The Morgan fingerprint density at radius 3 is 3.12 bits per heavy atom. The predicted molar refractivity (Wildman–Crippen MR) is 67.4 cm³/mol. The average Bonchev–Trinajstić information content (AvgIpc) is 2.79. The maximum absolute atomic E-state index is 11.0. The number of carbonyl (C=O) groups excluding carboxylic acids is 1. The van der Waals surface area contributed by atoms with E-state index in [1.54, 1.807) is 0 Å². The van der Waals surface area contributed by atoms with Crippen molar-refractivity contribution in [1.29, 1.82) is 0 Å². The average molecular weight is 258 g/mol. The van der Waals surface area contributed by atoms with Gasteiger partial charge in [-0.2, -0.15) is 0 Å². The number of thiazole rings is 1. The third-order valence-corrected chi connectivity index (χ3v) is 2.94. The highest BCUT2D eigenvalue weighted by Gasteiger charge is 2.05. The van der Waals surface area contributed by atoms with Crippen LogP contribution < -0.4 is 5.32 Å². The highest BCUT2D eigenvalue weighted by atomic mass is 32.1. The van der Waals surface area contributed by atoms with Crippen molar-refractivity contribution in [2.75, 3.05) is 32.2 Å². The first kappa shape index (κ1) is 13.9. The summed E-state index contributed by atoms with van der Waals surface area (Å²) < 4.78 is 9.78. The van der Waals surface area contributed by atoms with Crippen LogP contribution in [0.15, 0.2) is 5.38 Å². The van der Waals surface area contributed by atoms with Gasteiger partial charge in [0, 0.05) is 25.0 Å². The summed E-state index contributed by atoms with van der Waals surface area (Å²) in [5.41, 5.74) is 0.916. The van der Waals surface area contributed by atoms with Gasteiger partial charge in [0.1, 0.15) is 0 Å². The molecule has 0 radical (unpaired) electrons. The number of rotatable bonds is 8. The number of methoxy groups -OCH3 is 1. The Labute approximate surface area is 105 Å². The summed E-state index contributed by atoms with van der Waals surface area (Å²) in [6, 6.07) is 0. The van der Waals surface area contributed by atoms with E-state index < -0.39 is 0 Å². The second kappa shape index (κ2) is 8.03. The Morgan fingerprint density at radius 2 is 2.41 bits per heavy atom. The maximum atomic E-state index is 11.0. The Bertz CT molecular complexity index is 341. The van der Waals surface area contributed by atoms with Gasteiger partial charge in [0.25, 0.3) is 0 Å². The molecular weight excluding hydrogens is 240 g/mol. The number of hydrogen-bond donors (Lipinski definition) is 1. The first-order valence-corrected chi connectivity index (χ1v) is 6.47. The Balaban J connectivity index is 2.25. The smallest absolute Gasteiger partial charge is 0.305 e. The zero-order chi connectivity index (χ0) is 12.5. The van der Waals surface area contributed by atoms with Crippen molar-refractivity contribution in [2.45, 2.75) is 19.8 Å². The lowest BCUT2D eigenvalue weighted by Crippen LogP contribution is -2.09. The van der Waals surface area contributed by atoms with Gasteiger partial charge in [-0.25, -0.2) is 4.98 Å². The van der Waals surface area contributed by atoms with Crippen molar-refractivity contribution < 1.29 is 14.3 Å². The summed E-state index contributed by atoms with van der Waals surface area (Å²) in [5.74, 6) is -0.205. The van der Waals surface area contributed by atoms with E-state index in [0.29, 0.717) is 19.4 Å². The highest BCUT2D eigenvalue weighted by molar-refractivity contribution is 7.13. The second-order valence-electron chi connectivity index (χ2n) is 3.34. The topological polar surface area (TPSA) is 60.5 Å². The zero-order valence-electron chi connectivity index (χ0n) is 10.2. The van der Waals surface area contributed by atoms with E-state index in [1.165, 1.54) is 18.4 Å². The molecule has 1 heterocycles. The van der Waals surface area contributed by atoms with Crippen molar-refractivity contribution in [3.05, 3.63) is 11.1 Å². The van der Waals surface area contributed by atoms with Gasteiger partial charge in [-0.15, -0.1) is 11.3 Å². The molecule has 1 N–H and O–H groups in total. The summed E-state index contributed by atoms with van der Waals surface area (Å²) in [6.07, 6.45) is 0.995. The number of nitrogens with zero attached hydrogens (tertiary/aromatic N) is 1. The molecule has 1 rings (SSSR count). The van der Waals surface area contributed by atoms with Crippen molar-refractivity contribution in [1.82, 2.24) is 4.98 Å². The normalized spacial score (nSPS) is 10.2. The highest BCUT2D eigenvalue weighted by Crippen LogP contribution is 2.16. The van der Waals surface area contributed by atoms with Gasteiger partial charge >= 0.3 is 5.97 Å². The number of hydrogen-bond acceptors (Lipinski definition) is 6. The van der Waals surface area contributed by atoms with Crippen LogP contribution >= 0.6 is 11.3 Å². The molecule has 1 aromatic heterocycles. The Morgan fingerprint density at radius 1 is 1.59 bits per heavy atom. The summed E-state index contributed by atoms with van der Waals surface area (Å²) >= 11 is 1.54. The molecule has 6 heteroatoms. The molecule has 5 nitrogen and oxygen atoms in total. The lowest BCUT2D eigenvalue weighted by molar-refractivity contribution is -0.140. The molecule has 0 saturated heterocycles. The van der Waals surface area contributed by atoms with Gasteiger partial charge in [0.2, 0.25) is 0 Å². The number of aromatic nitrogens is 1. The summed E-state index contributed by atoms with van der Waals surface area (Å²) in [4.78, 5) is 15.3. The minimum absolute atomic E-state index is 0.205. The Hall–Kier alpha value is -1.14. The molecule has 0 amide bonds. The predicted octanol–water partition coefficient (Wildman–Crippen LogP) is 1.70.